The maximum absolute atomic E-state index is 14.1. The zero-order valence-electron chi connectivity index (χ0n) is 26.5. The molecule has 42 heavy (non-hydrogen) atoms. The van der Waals surface area contributed by atoms with E-state index in [9.17, 15) is 19.5 Å². The van der Waals surface area contributed by atoms with Crippen LogP contribution >= 0.6 is 23.5 Å². The maximum Gasteiger partial charge on any atom is 0.417 e. The van der Waals surface area contributed by atoms with E-state index in [2.05, 4.69) is 59.9 Å². The van der Waals surface area contributed by atoms with Crippen LogP contribution in [0.15, 0.2) is 30.3 Å². The lowest BCUT2D eigenvalue weighted by atomic mass is 9.85. The SMILES string of the molecule is CC(C)[Si](C#C[C@H](O)[C@H](C)C(=O)[C@H](CCC1(C)SCCS1)C(=O)N1C(=O)OC[C@@H]1Cc1ccccc1)(C(C)C)C(C)C. The fraction of sp³-hybridized carbons (Fsp3) is 0.667. The number of rotatable bonds is 12. The van der Waals surface area contributed by atoms with E-state index in [1.54, 1.807) is 6.92 Å². The molecule has 2 heterocycles. The van der Waals surface area contributed by atoms with Crippen molar-refractivity contribution in [2.45, 2.75) is 108 Å². The van der Waals surface area contributed by atoms with Crippen LogP contribution in [0.2, 0.25) is 16.6 Å². The van der Waals surface area contributed by atoms with Gasteiger partial charge in [-0.05, 0) is 48.4 Å². The molecule has 6 nitrogen and oxygen atoms in total. The van der Waals surface area contributed by atoms with Gasteiger partial charge in [-0.15, -0.1) is 29.1 Å². The van der Waals surface area contributed by atoms with Crippen LogP contribution in [0, 0.1) is 23.3 Å². The van der Waals surface area contributed by atoms with Crippen LogP contribution in [0.1, 0.15) is 73.8 Å². The molecule has 2 aliphatic rings. The Labute approximate surface area is 262 Å². The van der Waals surface area contributed by atoms with Crippen molar-refractivity contribution < 1.29 is 24.2 Å². The molecule has 3 rings (SSSR count). The highest BCUT2D eigenvalue weighted by Gasteiger charge is 2.46. The largest absolute Gasteiger partial charge is 0.447 e. The van der Waals surface area contributed by atoms with Crippen molar-refractivity contribution in [3.05, 3.63) is 35.9 Å². The average molecular weight is 632 g/mol. The van der Waals surface area contributed by atoms with Crippen LogP contribution in [0.25, 0.3) is 0 Å². The Morgan fingerprint density at radius 3 is 2.17 bits per heavy atom. The second-order valence-corrected chi connectivity index (χ2v) is 21.9. The first-order valence-electron chi connectivity index (χ1n) is 15.3. The topological polar surface area (TPSA) is 83.9 Å². The van der Waals surface area contributed by atoms with Crippen LogP contribution < -0.4 is 0 Å². The van der Waals surface area contributed by atoms with Crippen LogP contribution in [-0.2, 0) is 20.7 Å². The van der Waals surface area contributed by atoms with Crippen molar-refractivity contribution in [2.24, 2.45) is 11.8 Å². The van der Waals surface area contributed by atoms with Crippen molar-refractivity contribution in [3.8, 4) is 11.5 Å². The number of amides is 2. The summed E-state index contributed by atoms with van der Waals surface area (Å²) in [7, 11) is -2.11. The average Bonchev–Trinajstić information content (AvgIpc) is 3.53. The molecular weight excluding hydrogens is 583 g/mol. The number of ketones is 1. The van der Waals surface area contributed by atoms with E-state index < -0.39 is 44.1 Å². The number of carbonyl (C=O) groups is 3. The van der Waals surface area contributed by atoms with Gasteiger partial charge in [0.1, 0.15) is 20.8 Å². The highest BCUT2D eigenvalue weighted by molar-refractivity contribution is 8.21. The number of cyclic esters (lactones) is 1. The minimum Gasteiger partial charge on any atom is -0.447 e. The quantitative estimate of drug-likeness (QED) is 0.152. The van der Waals surface area contributed by atoms with Crippen molar-refractivity contribution in [1.82, 2.24) is 4.90 Å². The number of ether oxygens (including phenoxy) is 1. The van der Waals surface area contributed by atoms with Gasteiger partial charge in [-0.25, -0.2) is 9.69 Å². The number of benzene rings is 1. The smallest absolute Gasteiger partial charge is 0.417 e. The Morgan fingerprint density at radius 1 is 1.05 bits per heavy atom. The van der Waals surface area contributed by atoms with Gasteiger partial charge in [0.25, 0.3) is 0 Å². The summed E-state index contributed by atoms with van der Waals surface area (Å²) in [4.78, 5) is 42.2. The monoisotopic (exact) mass is 631 g/mol. The summed E-state index contributed by atoms with van der Waals surface area (Å²) in [6.45, 7) is 17.1. The van der Waals surface area contributed by atoms with Gasteiger partial charge in [0.15, 0.2) is 5.78 Å². The Bertz CT molecular complexity index is 1130. The van der Waals surface area contributed by atoms with Gasteiger partial charge in [-0.3, -0.25) is 9.59 Å². The molecule has 0 bridgehead atoms. The molecule has 0 unspecified atom stereocenters. The number of hydrogen-bond donors (Lipinski definition) is 1. The first kappa shape index (κ1) is 34.8. The predicted octanol–water partition coefficient (Wildman–Crippen LogP) is 6.96. The van der Waals surface area contributed by atoms with Crippen molar-refractivity contribution >= 4 is 49.4 Å². The number of Topliss-reactive ketones (excluding diaryl/α,β-unsaturated/α-hetero) is 1. The van der Waals surface area contributed by atoms with Gasteiger partial charge in [-0.1, -0.05) is 84.7 Å². The third-order valence-corrected chi connectivity index (χ3v) is 18.9. The van der Waals surface area contributed by atoms with Crippen molar-refractivity contribution in [3.63, 3.8) is 0 Å². The summed E-state index contributed by atoms with van der Waals surface area (Å²) < 4.78 is 5.24. The van der Waals surface area contributed by atoms with Gasteiger partial charge in [0, 0.05) is 11.5 Å². The fourth-order valence-corrected chi connectivity index (χ4v) is 14.8. The van der Waals surface area contributed by atoms with Gasteiger partial charge in [0.2, 0.25) is 5.91 Å². The van der Waals surface area contributed by atoms with E-state index in [0.717, 1.165) is 22.0 Å². The van der Waals surface area contributed by atoms with Gasteiger partial charge < -0.3 is 9.84 Å². The summed E-state index contributed by atoms with van der Waals surface area (Å²) in [6, 6.07) is 9.18. The van der Waals surface area contributed by atoms with E-state index in [1.165, 1.54) is 0 Å². The number of hydrogen-bond acceptors (Lipinski definition) is 7. The van der Waals surface area contributed by atoms with Gasteiger partial charge >= 0.3 is 6.09 Å². The molecule has 0 saturated carbocycles. The van der Waals surface area contributed by atoms with Crippen LogP contribution in [0.5, 0.6) is 0 Å². The molecule has 9 heteroatoms. The van der Waals surface area contributed by atoms with Crippen LogP contribution in [0.4, 0.5) is 4.79 Å². The van der Waals surface area contributed by atoms with E-state index in [0.29, 0.717) is 35.9 Å². The Morgan fingerprint density at radius 2 is 1.62 bits per heavy atom. The van der Waals surface area contributed by atoms with Gasteiger partial charge in [-0.2, -0.15) is 0 Å². The molecule has 0 aliphatic carbocycles. The summed E-state index contributed by atoms with van der Waals surface area (Å²) >= 11 is 3.69. The molecular formula is C33H49NO5S2Si. The predicted molar refractivity (Wildman–Crippen MR) is 177 cm³/mol. The molecule has 1 N–H and O–H groups in total. The van der Waals surface area contributed by atoms with Gasteiger partial charge in [0.05, 0.1) is 22.0 Å². The number of nitrogens with zero attached hydrogens (tertiary/aromatic N) is 1. The van der Waals surface area contributed by atoms with E-state index >= 15 is 0 Å². The van der Waals surface area contributed by atoms with Crippen molar-refractivity contribution in [1.29, 1.82) is 0 Å². The molecule has 1 aromatic carbocycles. The number of carbonyl (C=O) groups excluding carboxylic acids is 3. The zero-order chi connectivity index (χ0) is 31.2. The minimum atomic E-state index is -2.11. The summed E-state index contributed by atoms with van der Waals surface area (Å²) in [6.07, 6.45) is -0.478. The molecule has 232 valence electrons. The van der Waals surface area contributed by atoms with Crippen LogP contribution in [0.3, 0.4) is 0 Å². The standard InChI is InChI=1S/C33H49NO5S2Si/c1-22(2)42(23(3)4,24(5)6)19-15-29(35)25(7)30(36)28(14-16-33(8)40-17-18-41-33)31(37)34-27(21-39-32(34)38)20-26-12-10-9-11-13-26/h9-13,22-25,27-29,35H,14,16-18,20-21H2,1-8H3/t25-,27-,28-,29-/m0/s1. The molecule has 0 aromatic heterocycles. The molecule has 2 fully saturated rings. The zero-order valence-corrected chi connectivity index (χ0v) is 29.1. The third-order valence-electron chi connectivity index (χ3n) is 9.16. The molecule has 2 saturated heterocycles. The number of thioether (sulfide) groups is 2. The first-order valence-corrected chi connectivity index (χ1v) is 19.5. The molecule has 0 radical (unpaired) electrons. The lowest BCUT2D eigenvalue weighted by Gasteiger charge is -2.38. The van der Waals surface area contributed by atoms with E-state index in [-0.39, 0.29) is 16.5 Å². The Hall–Kier alpha value is -1.73. The molecule has 2 aliphatic heterocycles. The Balaban J connectivity index is 1.89. The lowest BCUT2D eigenvalue weighted by Crippen LogP contribution is -2.47. The number of aliphatic hydroxyl groups is 1. The molecule has 0 spiro atoms. The third kappa shape index (κ3) is 7.85. The minimum absolute atomic E-state index is 0.0908. The first-order chi connectivity index (χ1) is 19.7. The summed E-state index contributed by atoms with van der Waals surface area (Å²) in [5.74, 6) is 2.34. The fourth-order valence-electron chi connectivity index (χ4n) is 6.66. The maximum atomic E-state index is 14.1. The summed E-state index contributed by atoms with van der Waals surface area (Å²) in [5.41, 5.74) is 5.68. The van der Waals surface area contributed by atoms with Crippen LogP contribution in [-0.4, -0.2) is 70.2 Å². The number of aliphatic hydroxyl groups excluding tert-OH is 1. The summed E-state index contributed by atoms with van der Waals surface area (Å²) in [5, 5.41) is 11.2. The lowest BCUT2D eigenvalue weighted by molar-refractivity contribution is -0.142. The van der Waals surface area contributed by atoms with E-state index in [4.69, 9.17) is 4.74 Å². The highest BCUT2D eigenvalue weighted by Crippen LogP contribution is 2.47. The number of imide groups is 1. The normalized spacial score (nSPS) is 20.8. The highest BCUT2D eigenvalue weighted by atomic mass is 32.2. The second-order valence-electron chi connectivity index (χ2n) is 12.9. The van der Waals surface area contributed by atoms with Crippen molar-refractivity contribution in [2.75, 3.05) is 18.1 Å². The van der Waals surface area contributed by atoms with E-state index in [1.807, 2.05) is 53.9 Å². The second kappa shape index (κ2) is 14.8. The molecule has 1 aromatic rings. The molecule has 4 atom stereocenters. The Kier molecular flexibility index (Phi) is 12.3. The molecule has 2 amide bonds.